The van der Waals surface area contributed by atoms with Crippen molar-refractivity contribution in [2.75, 3.05) is 30.5 Å². The van der Waals surface area contributed by atoms with Gasteiger partial charge >= 0.3 is 0 Å². The molecule has 1 aromatic carbocycles. The van der Waals surface area contributed by atoms with Gasteiger partial charge in [0.2, 0.25) is 0 Å². The maximum atomic E-state index is 11.8. The number of thioether (sulfide) groups is 1. The summed E-state index contributed by atoms with van der Waals surface area (Å²) >= 11 is 7.11. The predicted molar refractivity (Wildman–Crippen MR) is 86.5 cm³/mol. The Balaban J connectivity index is 1.89. The summed E-state index contributed by atoms with van der Waals surface area (Å²) in [7, 11) is 0. The number of hydrogen-bond acceptors (Lipinski definition) is 6. The summed E-state index contributed by atoms with van der Waals surface area (Å²) < 4.78 is 5.51. The summed E-state index contributed by atoms with van der Waals surface area (Å²) in [5.41, 5.74) is 5.71. The summed E-state index contributed by atoms with van der Waals surface area (Å²) in [6, 6.07) is 7.05. The van der Waals surface area contributed by atoms with E-state index < -0.39 is 0 Å². The number of aromatic amines is 1. The van der Waals surface area contributed by atoms with Crippen LogP contribution in [0.2, 0.25) is 5.02 Å². The maximum absolute atomic E-state index is 11.8. The zero-order valence-electron chi connectivity index (χ0n) is 11.4. The highest BCUT2D eigenvalue weighted by Crippen LogP contribution is 2.16. The van der Waals surface area contributed by atoms with Crippen LogP contribution < -0.4 is 21.3 Å². The van der Waals surface area contributed by atoms with E-state index in [4.69, 9.17) is 22.1 Å². The Kier molecular flexibility index (Phi) is 5.35. The highest BCUT2D eigenvalue weighted by Gasteiger charge is 2.07. The molecule has 0 saturated heterocycles. The Morgan fingerprint density at radius 2 is 2.14 bits per heavy atom. The van der Waals surface area contributed by atoms with Crippen molar-refractivity contribution in [1.29, 1.82) is 0 Å². The molecule has 1 aromatic heterocycles. The third-order valence-electron chi connectivity index (χ3n) is 2.61. The van der Waals surface area contributed by atoms with Crippen LogP contribution in [0.3, 0.4) is 0 Å². The fourth-order valence-corrected chi connectivity index (χ4v) is 2.12. The van der Waals surface area contributed by atoms with Gasteiger partial charge in [0.15, 0.2) is 11.0 Å². The number of nitrogen functional groups attached to an aromatic ring is 1. The van der Waals surface area contributed by atoms with E-state index in [1.807, 2.05) is 6.26 Å². The average Bonchev–Trinajstić information content (AvgIpc) is 2.47. The molecule has 0 amide bonds. The standard InChI is InChI=1S/C13H15ClN4O2S/c1-21-13-17-11(15)10(12(19)18-13)16-6-7-20-9-4-2-8(14)3-5-9/h2-5,16H,6-7H2,1H3,(H3,15,17,18,19). The molecule has 0 saturated carbocycles. The molecule has 6 nitrogen and oxygen atoms in total. The largest absolute Gasteiger partial charge is 0.492 e. The van der Waals surface area contributed by atoms with Crippen molar-refractivity contribution in [2.45, 2.75) is 5.16 Å². The third-order valence-corrected chi connectivity index (χ3v) is 3.44. The maximum Gasteiger partial charge on any atom is 0.277 e. The van der Waals surface area contributed by atoms with Crippen molar-refractivity contribution in [3.63, 3.8) is 0 Å². The molecule has 0 fully saturated rings. The molecular weight excluding hydrogens is 312 g/mol. The van der Waals surface area contributed by atoms with Crippen LogP contribution in [0.1, 0.15) is 0 Å². The number of benzene rings is 1. The molecule has 0 aliphatic rings. The first-order chi connectivity index (χ1) is 10.1. The monoisotopic (exact) mass is 326 g/mol. The Labute approximate surface area is 131 Å². The first-order valence-electron chi connectivity index (χ1n) is 6.16. The van der Waals surface area contributed by atoms with Crippen LogP contribution in [0.5, 0.6) is 5.75 Å². The number of aromatic nitrogens is 2. The summed E-state index contributed by atoms with van der Waals surface area (Å²) in [6.45, 7) is 0.807. The van der Waals surface area contributed by atoms with Gasteiger partial charge in [-0.3, -0.25) is 9.78 Å². The van der Waals surface area contributed by atoms with Crippen LogP contribution >= 0.6 is 23.4 Å². The molecule has 0 aliphatic carbocycles. The fraction of sp³-hybridized carbons (Fsp3) is 0.231. The van der Waals surface area contributed by atoms with Gasteiger partial charge in [0.25, 0.3) is 5.56 Å². The van der Waals surface area contributed by atoms with Gasteiger partial charge in [0.1, 0.15) is 18.0 Å². The van der Waals surface area contributed by atoms with E-state index in [0.29, 0.717) is 29.1 Å². The molecule has 0 unspecified atom stereocenters. The molecule has 0 aliphatic heterocycles. The van der Waals surface area contributed by atoms with E-state index in [2.05, 4.69) is 15.3 Å². The molecule has 0 radical (unpaired) electrons. The Bertz CT molecular complexity index is 660. The number of hydrogen-bond donors (Lipinski definition) is 3. The van der Waals surface area contributed by atoms with Crippen molar-refractivity contribution in [3.8, 4) is 5.75 Å². The molecule has 21 heavy (non-hydrogen) atoms. The number of nitrogens with zero attached hydrogens (tertiary/aromatic N) is 1. The van der Waals surface area contributed by atoms with Crippen LogP contribution in [-0.2, 0) is 0 Å². The first-order valence-corrected chi connectivity index (χ1v) is 7.76. The van der Waals surface area contributed by atoms with Crippen LogP contribution in [0.25, 0.3) is 0 Å². The Morgan fingerprint density at radius 1 is 1.43 bits per heavy atom. The van der Waals surface area contributed by atoms with E-state index in [9.17, 15) is 4.79 Å². The van der Waals surface area contributed by atoms with Gasteiger partial charge in [-0.2, -0.15) is 0 Å². The van der Waals surface area contributed by atoms with Crippen molar-refractivity contribution >= 4 is 34.9 Å². The molecular formula is C13H15ClN4O2S. The molecule has 8 heteroatoms. The lowest BCUT2D eigenvalue weighted by atomic mass is 10.3. The Morgan fingerprint density at radius 3 is 2.76 bits per heavy atom. The first kappa shape index (κ1) is 15.5. The number of halogens is 1. The average molecular weight is 327 g/mol. The second-order valence-electron chi connectivity index (χ2n) is 4.06. The third kappa shape index (κ3) is 4.30. The Hall–Kier alpha value is -1.86. The van der Waals surface area contributed by atoms with Gasteiger partial charge in [-0.25, -0.2) is 4.98 Å². The molecule has 0 atom stereocenters. The van der Waals surface area contributed by atoms with Crippen molar-refractivity contribution < 1.29 is 4.74 Å². The highest BCUT2D eigenvalue weighted by molar-refractivity contribution is 7.98. The fourth-order valence-electron chi connectivity index (χ4n) is 1.61. The zero-order valence-corrected chi connectivity index (χ0v) is 12.9. The number of H-pyrrole nitrogens is 1. The van der Waals surface area contributed by atoms with Gasteiger partial charge in [0.05, 0.1) is 0 Å². The van der Waals surface area contributed by atoms with Crippen LogP contribution in [0.4, 0.5) is 11.5 Å². The minimum Gasteiger partial charge on any atom is -0.492 e. The minimum absolute atomic E-state index is 0.176. The van der Waals surface area contributed by atoms with Gasteiger partial charge in [-0.15, -0.1) is 0 Å². The van der Waals surface area contributed by atoms with Gasteiger partial charge in [-0.1, -0.05) is 23.4 Å². The summed E-state index contributed by atoms with van der Waals surface area (Å²) in [5.74, 6) is 0.883. The van der Waals surface area contributed by atoms with E-state index in [0.717, 1.165) is 0 Å². The summed E-state index contributed by atoms with van der Waals surface area (Å²) in [4.78, 5) is 18.5. The predicted octanol–water partition coefficient (Wildman–Crippen LogP) is 2.22. The summed E-state index contributed by atoms with van der Waals surface area (Å²) in [5, 5.41) is 4.06. The SMILES string of the molecule is CSc1nc(N)c(NCCOc2ccc(Cl)cc2)c(=O)[nH]1. The molecule has 1 heterocycles. The quantitative estimate of drug-likeness (QED) is 0.428. The molecule has 4 N–H and O–H groups in total. The van der Waals surface area contributed by atoms with Gasteiger partial charge in [-0.05, 0) is 30.5 Å². The van der Waals surface area contributed by atoms with Crippen molar-refractivity contribution in [2.24, 2.45) is 0 Å². The minimum atomic E-state index is -0.293. The van der Waals surface area contributed by atoms with Crippen LogP contribution in [0.15, 0.2) is 34.2 Å². The van der Waals surface area contributed by atoms with Gasteiger partial charge in [0, 0.05) is 11.6 Å². The zero-order chi connectivity index (χ0) is 15.2. The second-order valence-corrected chi connectivity index (χ2v) is 5.30. The topological polar surface area (TPSA) is 93.0 Å². The van der Waals surface area contributed by atoms with Crippen LogP contribution in [0, 0.1) is 0 Å². The van der Waals surface area contributed by atoms with E-state index in [1.54, 1.807) is 24.3 Å². The van der Waals surface area contributed by atoms with Crippen molar-refractivity contribution in [1.82, 2.24) is 9.97 Å². The van der Waals surface area contributed by atoms with Crippen molar-refractivity contribution in [3.05, 3.63) is 39.6 Å². The molecule has 2 aromatic rings. The lowest BCUT2D eigenvalue weighted by Gasteiger charge is -2.10. The number of nitrogens with two attached hydrogens (primary N) is 1. The molecule has 112 valence electrons. The molecule has 0 spiro atoms. The number of nitrogens with one attached hydrogen (secondary N) is 2. The molecule has 0 bridgehead atoms. The number of ether oxygens (including phenoxy) is 1. The number of rotatable bonds is 6. The van der Waals surface area contributed by atoms with E-state index in [1.165, 1.54) is 11.8 Å². The van der Waals surface area contributed by atoms with Gasteiger partial charge < -0.3 is 15.8 Å². The van der Waals surface area contributed by atoms with E-state index >= 15 is 0 Å². The summed E-state index contributed by atoms with van der Waals surface area (Å²) in [6.07, 6.45) is 1.81. The molecule has 2 rings (SSSR count). The van der Waals surface area contributed by atoms with E-state index in [-0.39, 0.29) is 17.1 Å². The normalized spacial score (nSPS) is 10.4. The smallest absolute Gasteiger partial charge is 0.277 e. The highest BCUT2D eigenvalue weighted by atomic mass is 35.5. The lowest BCUT2D eigenvalue weighted by molar-refractivity contribution is 0.333. The van der Waals surface area contributed by atoms with Crippen LogP contribution in [-0.4, -0.2) is 29.4 Å². The number of anilines is 2. The lowest BCUT2D eigenvalue weighted by Crippen LogP contribution is -2.21. The second kappa shape index (κ2) is 7.24.